The zero-order valence-electron chi connectivity index (χ0n) is 19.2. The van der Waals surface area contributed by atoms with Crippen LogP contribution in [0.3, 0.4) is 0 Å². The van der Waals surface area contributed by atoms with E-state index in [0.29, 0.717) is 12.1 Å². The van der Waals surface area contributed by atoms with Crippen LogP contribution in [0.25, 0.3) is 0 Å². The predicted octanol–water partition coefficient (Wildman–Crippen LogP) is 2.06. The van der Waals surface area contributed by atoms with Crippen LogP contribution in [0, 0.1) is 0 Å². The van der Waals surface area contributed by atoms with Crippen LogP contribution in [0.15, 0.2) is 11.3 Å². The topological polar surface area (TPSA) is 79.6 Å². The first-order valence-electron chi connectivity index (χ1n) is 11.2. The summed E-state index contributed by atoms with van der Waals surface area (Å²) in [4.78, 5) is 7.33. The molecule has 8 heteroatoms. The van der Waals surface area contributed by atoms with E-state index in [2.05, 4.69) is 71.8 Å². The smallest absolute Gasteiger partial charge is 0.191 e. The van der Waals surface area contributed by atoms with Crippen molar-refractivity contribution in [2.45, 2.75) is 91.6 Å². The zero-order valence-corrected chi connectivity index (χ0v) is 19.2. The molecular formula is C21H41N7O. The van der Waals surface area contributed by atoms with Crippen molar-refractivity contribution in [1.82, 2.24) is 30.3 Å². The van der Waals surface area contributed by atoms with Crippen LogP contribution in [0.5, 0.6) is 0 Å². The van der Waals surface area contributed by atoms with E-state index in [1.807, 2.05) is 0 Å². The number of aryl methyl sites for hydroxylation is 1. The SMILES string of the molecule is CCc1nncn1CCNC(=NCCN(C(C)C)C(C)C)NC(C)C1CCCO1. The Balaban J connectivity index is 1.93. The molecule has 1 aromatic rings. The molecule has 2 N–H and O–H groups in total. The second-order valence-corrected chi connectivity index (χ2v) is 8.36. The van der Waals surface area contributed by atoms with Gasteiger partial charge < -0.3 is 19.9 Å². The van der Waals surface area contributed by atoms with Crippen molar-refractivity contribution in [3.05, 3.63) is 12.2 Å². The summed E-state index contributed by atoms with van der Waals surface area (Å²) in [6, 6.07) is 1.26. The van der Waals surface area contributed by atoms with E-state index < -0.39 is 0 Å². The van der Waals surface area contributed by atoms with Crippen molar-refractivity contribution in [2.75, 3.05) is 26.2 Å². The number of hydrogen-bond acceptors (Lipinski definition) is 5. The lowest BCUT2D eigenvalue weighted by atomic mass is 10.1. The van der Waals surface area contributed by atoms with Gasteiger partial charge in [0.05, 0.1) is 18.7 Å². The van der Waals surface area contributed by atoms with Gasteiger partial charge in [-0.1, -0.05) is 6.92 Å². The van der Waals surface area contributed by atoms with Crippen molar-refractivity contribution < 1.29 is 4.74 Å². The summed E-state index contributed by atoms with van der Waals surface area (Å²) in [6.07, 6.45) is 5.19. The molecule has 0 bridgehead atoms. The van der Waals surface area contributed by atoms with Gasteiger partial charge in [0.15, 0.2) is 5.96 Å². The van der Waals surface area contributed by atoms with Gasteiger partial charge in [-0.05, 0) is 47.5 Å². The minimum Gasteiger partial charge on any atom is -0.376 e. The summed E-state index contributed by atoms with van der Waals surface area (Å²) >= 11 is 0. The average molecular weight is 408 g/mol. The molecule has 2 unspecified atom stereocenters. The molecule has 1 saturated heterocycles. The Morgan fingerprint density at radius 2 is 2.07 bits per heavy atom. The lowest BCUT2D eigenvalue weighted by Crippen LogP contribution is -2.48. The molecule has 0 aliphatic carbocycles. The van der Waals surface area contributed by atoms with Gasteiger partial charge >= 0.3 is 0 Å². The maximum atomic E-state index is 5.84. The maximum Gasteiger partial charge on any atom is 0.191 e. The number of aromatic nitrogens is 3. The maximum absolute atomic E-state index is 5.84. The van der Waals surface area contributed by atoms with Gasteiger partial charge in [0.2, 0.25) is 0 Å². The van der Waals surface area contributed by atoms with E-state index in [1.165, 1.54) is 0 Å². The van der Waals surface area contributed by atoms with E-state index in [4.69, 9.17) is 9.73 Å². The number of nitrogens with zero attached hydrogens (tertiary/aromatic N) is 5. The fourth-order valence-electron chi connectivity index (χ4n) is 3.88. The summed E-state index contributed by atoms with van der Waals surface area (Å²) in [6.45, 7) is 17.4. The van der Waals surface area contributed by atoms with Gasteiger partial charge in [0.25, 0.3) is 0 Å². The molecule has 0 aromatic carbocycles. The Hall–Kier alpha value is -1.67. The van der Waals surface area contributed by atoms with Crippen LogP contribution in [0.1, 0.15) is 60.2 Å². The number of aliphatic imine (C=N–C) groups is 1. The van der Waals surface area contributed by atoms with E-state index >= 15 is 0 Å². The highest BCUT2D eigenvalue weighted by atomic mass is 16.5. The third-order valence-electron chi connectivity index (χ3n) is 5.50. The summed E-state index contributed by atoms with van der Waals surface area (Å²) in [5.74, 6) is 1.86. The molecule has 1 aliphatic heterocycles. The van der Waals surface area contributed by atoms with Crippen molar-refractivity contribution in [3.63, 3.8) is 0 Å². The number of rotatable bonds is 11. The first-order valence-corrected chi connectivity index (χ1v) is 11.2. The van der Waals surface area contributed by atoms with Gasteiger partial charge in [0.1, 0.15) is 12.2 Å². The zero-order chi connectivity index (χ0) is 21.2. The van der Waals surface area contributed by atoms with Crippen LogP contribution in [-0.2, 0) is 17.7 Å². The van der Waals surface area contributed by atoms with Gasteiger partial charge in [-0.2, -0.15) is 0 Å². The van der Waals surface area contributed by atoms with E-state index in [0.717, 1.165) is 63.8 Å². The van der Waals surface area contributed by atoms with Gasteiger partial charge in [0, 0.05) is 44.7 Å². The van der Waals surface area contributed by atoms with Crippen molar-refractivity contribution in [1.29, 1.82) is 0 Å². The summed E-state index contributed by atoms with van der Waals surface area (Å²) < 4.78 is 7.93. The van der Waals surface area contributed by atoms with Gasteiger partial charge in [-0.25, -0.2) is 0 Å². The summed E-state index contributed by atoms with van der Waals surface area (Å²) in [5, 5.41) is 15.2. The third kappa shape index (κ3) is 7.59. The molecule has 1 aliphatic rings. The van der Waals surface area contributed by atoms with Crippen molar-refractivity contribution >= 4 is 5.96 Å². The predicted molar refractivity (Wildman–Crippen MR) is 118 cm³/mol. The Labute approximate surface area is 176 Å². The Morgan fingerprint density at radius 3 is 2.69 bits per heavy atom. The fourth-order valence-corrected chi connectivity index (χ4v) is 3.88. The molecule has 0 amide bonds. The fraction of sp³-hybridized carbons (Fsp3) is 0.857. The van der Waals surface area contributed by atoms with Gasteiger partial charge in [-0.15, -0.1) is 10.2 Å². The molecule has 166 valence electrons. The molecule has 0 saturated carbocycles. The third-order valence-corrected chi connectivity index (χ3v) is 5.50. The second kappa shape index (κ2) is 12.1. The number of ether oxygens (including phenoxy) is 1. The molecule has 2 rings (SSSR count). The Kier molecular flexibility index (Phi) is 9.87. The standard InChI is InChI=1S/C21H41N7O/c1-7-20-26-24-15-27(20)12-10-22-21(25-18(6)19-9-8-14-29-19)23-11-13-28(16(2)3)17(4)5/h15-19H,7-14H2,1-6H3,(H2,22,23,25). The summed E-state index contributed by atoms with van der Waals surface area (Å²) in [7, 11) is 0. The molecular weight excluding hydrogens is 366 g/mol. The van der Waals surface area contributed by atoms with Gasteiger partial charge in [-0.3, -0.25) is 9.89 Å². The molecule has 1 aromatic heterocycles. The van der Waals surface area contributed by atoms with E-state index in [-0.39, 0.29) is 12.1 Å². The molecule has 0 spiro atoms. The highest BCUT2D eigenvalue weighted by molar-refractivity contribution is 5.80. The first kappa shape index (κ1) is 23.6. The van der Waals surface area contributed by atoms with Crippen LogP contribution < -0.4 is 10.6 Å². The molecule has 1 fully saturated rings. The molecule has 2 atom stereocenters. The normalized spacial score (nSPS) is 18.8. The molecule has 0 radical (unpaired) electrons. The molecule has 2 heterocycles. The number of nitrogens with one attached hydrogen (secondary N) is 2. The van der Waals surface area contributed by atoms with E-state index in [9.17, 15) is 0 Å². The number of guanidine groups is 1. The lowest BCUT2D eigenvalue weighted by Gasteiger charge is -2.30. The van der Waals surface area contributed by atoms with Crippen molar-refractivity contribution in [3.8, 4) is 0 Å². The minimum atomic E-state index is 0.233. The van der Waals surface area contributed by atoms with Crippen LogP contribution in [0.4, 0.5) is 0 Å². The second-order valence-electron chi connectivity index (χ2n) is 8.36. The number of hydrogen-bond donors (Lipinski definition) is 2. The van der Waals surface area contributed by atoms with Crippen LogP contribution in [0.2, 0.25) is 0 Å². The highest BCUT2D eigenvalue weighted by Gasteiger charge is 2.23. The van der Waals surface area contributed by atoms with E-state index in [1.54, 1.807) is 6.33 Å². The Morgan fingerprint density at radius 1 is 1.31 bits per heavy atom. The quantitative estimate of drug-likeness (QED) is 0.432. The first-order chi connectivity index (χ1) is 13.9. The largest absolute Gasteiger partial charge is 0.376 e. The average Bonchev–Trinajstić information content (AvgIpc) is 3.35. The minimum absolute atomic E-state index is 0.233. The van der Waals surface area contributed by atoms with Crippen LogP contribution in [-0.4, -0.2) is 76.1 Å². The lowest BCUT2D eigenvalue weighted by molar-refractivity contribution is 0.0890. The molecule has 29 heavy (non-hydrogen) atoms. The Bertz CT molecular complexity index is 600. The molecule has 8 nitrogen and oxygen atoms in total. The highest BCUT2D eigenvalue weighted by Crippen LogP contribution is 2.15. The summed E-state index contributed by atoms with van der Waals surface area (Å²) in [5.41, 5.74) is 0. The monoisotopic (exact) mass is 407 g/mol. The van der Waals surface area contributed by atoms with Crippen LogP contribution >= 0.6 is 0 Å². The van der Waals surface area contributed by atoms with Crippen molar-refractivity contribution in [2.24, 2.45) is 4.99 Å².